The van der Waals surface area contributed by atoms with Gasteiger partial charge in [0.2, 0.25) is 17.6 Å². The Morgan fingerprint density at radius 1 is 1.20 bits per heavy atom. The summed E-state index contributed by atoms with van der Waals surface area (Å²) in [4.78, 5) is 21.4. The summed E-state index contributed by atoms with van der Waals surface area (Å²) < 4.78 is 5.47. The number of piperazine rings is 1. The Hall–Kier alpha value is -1.51. The van der Waals surface area contributed by atoms with Gasteiger partial charge < -0.3 is 9.42 Å². The van der Waals surface area contributed by atoms with Crippen molar-refractivity contribution in [1.29, 1.82) is 0 Å². The number of rotatable bonds is 8. The number of aryl methyl sites for hydroxylation is 1. The zero-order valence-corrected chi connectivity index (χ0v) is 19.2. The van der Waals surface area contributed by atoms with Crippen molar-refractivity contribution in [3.05, 3.63) is 35.7 Å². The summed E-state index contributed by atoms with van der Waals surface area (Å²) in [6.45, 7) is 5.96. The molecule has 162 valence electrons. The van der Waals surface area contributed by atoms with Gasteiger partial charge in [0.1, 0.15) is 0 Å². The third-order valence-electron chi connectivity index (χ3n) is 5.83. The molecule has 1 aromatic carbocycles. The van der Waals surface area contributed by atoms with Crippen LogP contribution in [-0.2, 0) is 11.3 Å². The maximum absolute atomic E-state index is 12.5. The number of carbonyl (C=O) groups excluding carboxylic acids is 1. The Labute approximate surface area is 186 Å². The second kappa shape index (κ2) is 10.7. The SMILES string of the molecule is Cc1ccccc1-c1noc(CN2CCN(C(=O)CCCCC3CCSS3)CC2)n1. The second-order valence-corrected chi connectivity index (χ2v) is 10.8. The molecule has 1 atom stereocenters. The first kappa shape index (κ1) is 21.7. The van der Waals surface area contributed by atoms with Crippen LogP contribution in [0.25, 0.3) is 11.4 Å². The van der Waals surface area contributed by atoms with Crippen LogP contribution in [0.15, 0.2) is 28.8 Å². The van der Waals surface area contributed by atoms with Gasteiger partial charge in [0.25, 0.3) is 0 Å². The van der Waals surface area contributed by atoms with E-state index in [0.29, 0.717) is 30.6 Å². The minimum Gasteiger partial charge on any atom is -0.340 e. The molecule has 4 rings (SSSR count). The lowest BCUT2D eigenvalue weighted by molar-refractivity contribution is -0.133. The van der Waals surface area contributed by atoms with Crippen molar-refractivity contribution in [3.8, 4) is 11.4 Å². The van der Waals surface area contributed by atoms with E-state index in [9.17, 15) is 4.79 Å². The molecule has 2 aliphatic heterocycles. The van der Waals surface area contributed by atoms with Crippen LogP contribution in [0.5, 0.6) is 0 Å². The van der Waals surface area contributed by atoms with Crippen molar-refractivity contribution in [2.24, 2.45) is 0 Å². The van der Waals surface area contributed by atoms with Crippen LogP contribution in [0.4, 0.5) is 0 Å². The van der Waals surface area contributed by atoms with Gasteiger partial charge in [-0.1, -0.05) is 57.4 Å². The molecule has 0 bridgehead atoms. The van der Waals surface area contributed by atoms with Gasteiger partial charge >= 0.3 is 0 Å². The van der Waals surface area contributed by atoms with E-state index in [1.165, 1.54) is 25.0 Å². The molecule has 2 fully saturated rings. The molecular weight excluding hydrogens is 416 g/mol. The highest BCUT2D eigenvalue weighted by Gasteiger charge is 2.23. The average molecular weight is 447 g/mol. The second-order valence-electron chi connectivity index (χ2n) is 8.06. The molecule has 0 saturated carbocycles. The van der Waals surface area contributed by atoms with E-state index in [1.54, 1.807) is 0 Å². The summed E-state index contributed by atoms with van der Waals surface area (Å²) in [5.74, 6) is 2.88. The number of benzene rings is 1. The molecule has 1 aromatic heterocycles. The van der Waals surface area contributed by atoms with Crippen molar-refractivity contribution < 1.29 is 9.32 Å². The van der Waals surface area contributed by atoms with Gasteiger partial charge in [-0.05, 0) is 31.7 Å². The fraction of sp³-hybridized carbons (Fsp3) is 0.591. The van der Waals surface area contributed by atoms with Crippen LogP contribution in [0.1, 0.15) is 43.6 Å². The predicted molar refractivity (Wildman–Crippen MR) is 123 cm³/mol. The van der Waals surface area contributed by atoms with E-state index < -0.39 is 0 Å². The Balaban J connectivity index is 1.17. The largest absolute Gasteiger partial charge is 0.340 e. The number of carbonyl (C=O) groups is 1. The van der Waals surface area contributed by atoms with Gasteiger partial charge in [-0.3, -0.25) is 9.69 Å². The molecule has 1 amide bonds. The zero-order valence-electron chi connectivity index (χ0n) is 17.6. The first-order valence-electron chi connectivity index (χ1n) is 10.9. The molecule has 30 heavy (non-hydrogen) atoms. The van der Waals surface area contributed by atoms with Gasteiger partial charge in [0.05, 0.1) is 6.54 Å². The van der Waals surface area contributed by atoms with Crippen LogP contribution >= 0.6 is 21.6 Å². The normalized spacial score (nSPS) is 20.0. The Morgan fingerprint density at radius 3 is 2.80 bits per heavy atom. The maximum Gasteiger partial charge on any atom is 0.241 e. The van der Waals surface area contributed by atoms with Crippen LogP contribution < -0.4 is 0 Å². The number of amides is 1. The van der Waals surface area contributed by atoms with Crippen LogP contribution in [0.3, 0.4) is 0 Å². The van der Waals surface area contributed by atoms with Gasteiger partial charge in [-0.25, -0.2) is 0 Å². The molecule has 8 heteroatoms. The fourth-order valence-corrected chi connectivity index (χ4v) is 7.00. The standard InChI is InChI=1S/C22H30N4O2S2/c1-17-6-2-4-8-19(17)22-23-20(28-24-22)16-25-11-13-26(14-12-25)21(27)9-5-3-7-18-10-15-29-30-18/h2,4,6,8,18H,3,5,7,9-16H2,1H3. The summed E-state index contributed by atoms with van der Waals surface area (Å²) in [6.07, 6.45) is 5.47. The minimum atomic E-state index is 0.308. The van der Waals surface area contributed by atoms with Gasteiger partial charge in [0.15, 0.2) is 0 Å². The van der Waals surface area contributed by atoms with E-state index in [0.717, 1.165) is 49.0 Å². The number of nitrogens with zero attached hydrogens (tertiary/aromatic N) is 4. The topological polar surface area (TPSA) is 62.5 Å². The third-order valence-corrected chi connectivity index (χ3v) is 8.84. The summed E-state index contributed by atoms with van der Waals surface area (Å²) in [6, 6.07) is 8.06. The number of hydrogen-bond acceptors (Lipinski definition) is 7. The molecule has 0 N–H and O–H groups in total. The maximum atomic E-state index is 12.5. The lowest BCUT2D eigenvalue weighted by Gasteiger charge is -2.34. The molecule has 2 aromatic rings. The molecule has 0 radical (unpaired) electrons. The van der Waals surface area contributed by atoms with E-state index in [4.69, 9.17) is 4.52 Å². The lowest BCUT2D eigenvalue weighted by Crippen LogP contribution is -2.48. The number of hydrogen-bond donors (Lipinski definition) is 0. The predicted octanol–water partition coefficient (Wildman–Crippen LogP) is 4.40. The highest BCUT2D eigenvalue weighted by atomic mass is 33.1. The Bertz CT molecular complexity index is 830. The molecule has 3 heterocycles. The van der Waals surface area contributed by atoms with Crippen LogP contribution in [0, 0.1) is 6.92 Å². The van der Waals surface area contributed by atoms with Gasteiger partial charge in [-0.2, -0.15) is 4.98 Å². The first-order chi connectivity index (χ1) is 14.7. The quantitative estimate of drug-likeness (QED) is 0.440. The minimum absolute atomic E-state index is 0.308. The van der Waals surface area contributed by atoms with Crippen molar-refractivity contribution in [1.82, 2.24) is 19.9 Å². The van der Waals surface area contributed by atoms with Crippen LogP contribution in [-0.4, -0.2) is 63.0 Å². The van der Waals surface area contributed by atoms with E-state index in [1.807, 2.05) is 57.7 Å². The molecule has 0 spiro atoms. The monoisotopic (exact) mass is 446 g/mol. The summed E-state index contributed by atoms with van der Waals surface area (Å²) >= 11 is 0. The lowest BCUT2D eigenvalue weighted by atomic mass is 10.1. The first-order valence-corrected chi connectivity index (χ1v) is 13.2. The van der Waals surface area contributed by atoms with E-state index in [-0.39, 0.29) is 0 Å². The summed E-state index contributed by atoms with van der Waals surface area (Å²) in [7, 11) is 4.02. The average Bonchev–Trinajstić information content (AvgIpc) is 3.44. The Morgan fingerprint density at radius 2 is 2.03 bits per heavy atom. The van der Waals surface area contributed by atoms with Gasteiger partial charge in [-0.15, -0.1) is 0 Å². The summed E-state index contributed by atoms with van der Waals surface area (Å²) in [5.41, 5.74) is 2.14. The fourth-order valence-electron chi connectivity index (χ4n) is 3.97. The highest BCUT2D eigenvalue weighted by Crippen LogP contribution is 2.39. The molecular formula is C22H30N4O2S2. The Kier molecular flexibility index (Phi) is 7.73. The van der Waals surface area contributed by atoms with Crippen molar-refractivity contribution in [3.63, 3.8) is 0 Å². The zero-order chi connectivity index (χ0) is 20.8. The molecule has 2 aliphatic rings. The molecule has 6 nitrogen and oxygen atoms in total. The molecule has 2 saturated heterocycles. The van der Waals surface area contributed by atoms with Crippen molar-refractivity contribution >= 4 is 27.5 Å². The van der Waals surface area contributed by atoms with Crippen LogP contribution in [0.2, 0.25) is 0 Å². The highest BCUT2D eigenvalue weighted by molar-refractivity contribution is 8.77. The van der Waals surface area contributed by atoms with Gasteiger partial charge in [0, 0.05) is 49.2 Å². The number of aromatic nitrogens is 2. The van der Waals surface area contributed by atoms with Crippen molar-refractivity contribution in [2.75, 3.05) is 31.9 Å². The smallest absolute Gasteiger partial charge is 0.241 e. The number of unbranched alkanes of at least 4 members (excludes halogenated alkanes) is 1. The third kappa shape index (κ3) is 5.80. The summed E-state index contributed by atoms with van der Waals surface area (Å²) in [5, 5.41) is 4.96. The molecule has 0 aliphatic carbocycles. The van der Waals surface area contributed by atoms with E-state index >= 15 is 0 Å². The molecule has 1 unspecified atom stereocenters. The van der Waals surface area contributed by atoms with E-state index in [2.05, 4.69) is 15.0 Å². The van der Waals surface area contributed by atoms with Crippen molar-refractivity contribution in [2.45, 2.75) is 50.8 Å².